The fourth-order valence-electron chi connectivity index (χ4n) is 0.867. The molecular weight excluding hydrogens is 164 g/mol. The molecule has 0 radical (unpaired) electrons. The molecule has 0 aliphatic carbocycles. The summed E-state index contributed by atoms with van der Waals surface area (Å²) in [5.41, 5.74) is 0. The molecule has 2 N–H and O–H groups in total. The molecule has 2 nitrogen and oxygen atoms in total. The predicted molar refractivity (Wildman–Crippen MR) is 30.7 cm³/mol. The van der Waals surface area contributed by atoms with Crippen molar-refractivity contribution >= 4 is 0 Å². The smallest absolute Gasteiger partial charge is 0.301 e. The van der Waals surface area contributed by atoms with Gasteiger partial charge in [0.15, 0.2) is 6.30 Å². The summed E-state index contributed by atoms with van der Waals surface area (Å²) < 4.78 is 47.7. The second kappa shape index (κ2) is 2.94. The van der Waals surface area contributed by atoms with Crippen LogP contribution in [0.2, 0.25) is 0 Å². The number of hydrogen-bond acceptors (Lipinski definition) is 2. The molecule has 6 heteroatoms. The van der Waals surface area contributed by atoms with Crippen LogP contribution in [0.1, 0.15) is 0 Å². The molecule has 0 aromatic carbocycles. The lowest BCUT2D eigenvalue weighted by atomic mass is 10.2. The van der Waals surface area contributed by atoms with Crippen molar-refractivity contribution in [2.75, 3.05) is 13.1 Å². The van der Waals surface area contributed by atoms with E-state index in [2.05, 4.69) is 5.32 Å². The third kappa shape index (κ3) is 2.30. The molecule has 0 saturated carbocycles. The standard InChI is InChI=1S/C5H8F4N2/c6-4-2-10-3(1-11-4)5(7,8)9/h3-4,10-11H,1-2H2. The monoisotopic (exact) mass is 172 g/mol. The van der Waals surface area contributed by atoms with Crippen molar-refractivity contribution in [1.82, 2.24) is 10.6 Å². The highest BCUT2D eigenvalue weighted by Gasteiger charge is 2.41. The molecule has 1 fully saturated rings. The van der Waals surface area contributed by atoms with Gasteiger partial charge < -0.3 is 5.32 Å². The second-order valence-electron chi connectivity index (χ2n) is 2.38. The number of rotatable bonds is 0. The Hall–Kier alpha value is -0.360. The minimum atomic E-state index is -4.28. The Morgan fingerprint density at radius 1 is 1.09 bits per heavy atom. The van der Waals surface area contributed by atoms with Gasteiger partial charge in [0.05, 0.1) is 0 Å². The van der Waals surface area contributed by atoms with Crippen molar-refractivity contribution in [3.05, 3.63) is 0 Å². The number of nitrogens with one attached hydrogen (secondary N) is 2. The maximum absolute atomic E-state index is 12.2. The fraction of sp³-hybridized carbons (Fsp3) is 1.00. The van der Waals surface area contributed by atoms with E-state index in [0.717, 1.165) is 0 Å². The zero-order chi connectivity index (χ0) is 8.48. The third-order valence-corrected chi connectivity index (χ3v) is 1.48. The summed E-state index contributed by atoms with van der Waals surface area (Å²) in [5.74, 6) is 0. The predicted octanol–water partition coefficient (Wildman–Crippen LogP) is 0.406. The highest BCUT2D eigenvalue weighted by Crippen LogP contribution is 2.20. The van der Waals surface area contributed by atoms with Crippen LogP contribution in [-0.2, 0) is 0 Å². The number of alkyl halides is 4. The van der Waals surface area contributed by atoms with Gasteiger partial charge in [-0.3, -0.25) is 5.32 Å². The summed E-state index contributed by atoms with van der Waals surface area (Å²) in [7, 11) is 0. The van der Waals surface area contributed by atoms with Crippen molar-refractivity contribution in [3.8, 4) is 0 Å². The molecule has 2 unspecified atom stereocenters. The minimum absolute atomic E-state index is 0.288. The molecule has 1 heterocycles. The van der Waals surface area contributed by atoms with Crippen molar-refractivity contribution < 1.29 is 17.6 Å². The Kier molecular flexibility index (Phi) is 2.34. The van der Waals surface area contributed by atoms with E-state index in [1.54, 1.807) is 0 Å². The van der Waals surface area contributed by atoms with Gasteiger partial charge in [0, 0.05) is 13.1 Å². The van der Waals surface area contributed by atoms with Gasteiger partial charge in [0.1, 0.15) is 6.04 Å². The van der Waals surface area contributed by atoms with Crippen LogP contribution in [0.15, 0.2) is 0 Å². The molecule has 0 bridgehead atoms. The van der Waals surface area contributed by atoms with Crippen LogP contribution in [0.5, 0.6) is 0 Å². The Balaban J connectivity index is 2.39. The lowest BCUT2D eigenvalue weighted by molar-refractivity contribution is -0.160. The van der Waals surface area contributed by atoms with Crippen molar-refractivity contribution in [3.63, 3.8) is 0 Å². The molecule has 1 rings (SSSR count). The average molecular weight is 172 g/mol. The zero-order valence-electron chi connectivity index (χ0n) is 5.58. The highest BCUT2D eigenvalue weighted by molar-refractivity contribution is 4.83. The molecule has 1 saturated heterocycles. The van der Waals surface area contributed by atoms with Gasteiger partial charge in [-0.25, -0.2) is 4.39 Å². The van der Waals surface area contributed by atoms with E-state index in [0.29, 0.717) is 0 Å². The second-order valence-corrected chi connectivity index (χ2v) is 2.38. The lowest BCUT2D eigenvalue weighted by Crippen LogP contribution is -2.58. The Morgan fingerprint density at radius 2 is 1.73 bits per heavy atom. The largest absolute Gasteiger partial charge is 0.405 e. The SMILES string of the molecule is FC1CNC(C(F)(F)F)CN1. The normalized spacial score (nSPS) is 33.8. The molecule has 1 aliphatic heterocycles. The zero-order valence-corrected chi connectivity index (χ0v) is 5.58. The summed E-state index contributed by atoms with van der Waals surface area (Å²) in [6, 6.07) is -1.62. The maximum Gasteiger partial charge on any atom is 0.405 e. The first-order chi connectivity index (χ1) is 5.00. The first kappa shape index (κ1) is 8.73. The molecule has 0 aromatic rings. The van der Waals surface area contributed by atoms with Gasteiger partial charge in [-0.2, -0.15) is 13.2 Å². The van der Waals surface area contributed by atoms with Gasteiger partial charge in [-0.1, -0.05) is 0 Å². The van der Waals surface area contributed by atoms with Crippen LogP contribution >= 0.6 is 0 Å². The van der Waals surface area contributed by atoms with Crippen molar-refractivity contribution in [2.45, 2.75) is 18.5 Å². The number of piperazine rings is 1. The van der Waals surface area contributed by atoms with E-state index in [1.165, 1.54) is 0 Å². The number of hydrogen-bond donors (Lipinski definition) is 2. The first-order valence-corrected chi connectivity index (χ1v) is 3.17. The van der Waals surface area contributed by atoms with Crippen LogP contribution < -0.4 is 10.6 Å². The van der Waals surface area contributed by atoms with Gasteiger partial charge in [-0.05, 0) is 0 Å². The van der Waals surface area contributed by atoms with Crippen molar-refractivity contribution in [2.24, 2.45) is 0 Å². The van der Waals surface area contributed by atoms with Gasteiger partial charge in [-0.15, -0.1) is 0 Å². The average Bonchev–Trinajstić information content (AvgIpc) is 1.86. The van der Waals surface area contributed by atoms with Crippen LogP contribution in [0, 0.1) is 0 Å². The fourth-order valence-corrected chi connectivity index (χ4v) is 0.867. The van der Waals surface area contributed by atoms with E-state index in [-0.39, 0.29) is 6.54 Å². The van der Waals surface area contributed by atoms with Crippen LogP contribution in [-0.4, -0.2) is 31.6 Å². The van der Waals surface area contributed by atoms with Gasteiger partial charge in [0.25, 0.3) is 0 Å². The van der Waals surface area contributed by atoms with Gasteiger partial charge >= 0.3 is 6.18 Å². The van der Waals surface area contributed by atoms with E-state index < -0.39 is 25.1 Å². The maximum atomic E-state index is 12.2. The first-order valence-electron chi connectivity index (χ1n) is 3.17. The quantitative estimate of drug-likeness (QED) is 0.408. The molecule has 2 atom stereocenters. The van der Waals surface area contributed by atoms with Gasteiger partial charge in [0.2, 0.25) is 0 Å². The number of halogens is 4. The molecule has 66 valence electrons. The topological polar surface area (TPSA) is 24.1 Å². The summed E-state index contributed by atoms with van der Waals surface area (Å²) in [6.45, 7) is -0.686. The summed E-state index contributed by atoms with van der Waals surface area (Å²) in [4.78, 5) is 0. The van der Waals surface area contributed by atoms with E-state index in [4.69, 9.17) is 0 Å². The van der Waals surface area contributed by atoms with Crippen LogP contribution in [0.3, 0.4) is 0 Å². The molecule has 0 amide bonds. The Morgan fingerprint density at radius 3 is 2.09 bits per heavy atom. The van der Waals surface area contributed by atoms with E-state index in [1.807, 2.05) is 5.32 Å². The summed E-state index contributed by atoms with van der Waals surface area (Å²) in [6.07, 6.45) is -5.65. The minimum Gasteiger partial charge on any atom is -0.301 e. The van der Waals surface area contributed by atoms with Crippen LogP contribution in [0.25, 0.3) is 0 Å². The molecule has 11 heavy (non-hydrogen) atoms. The summed E-state index contributed by atoms with van der Waals surface area (Å²) >= 11 is 0. The van der Waals surface area contributed by atoms with Crippen LogP contribution in [0.4, 0.5) is 17.6 Å². The third-order valence-electron chi connectivity index (χ3n) is 1.48. The van der Waals surface area contributed by atoms with E-state index >= 15 is 0 Å². The molecular formula is C5H8F4N2. The highest BCUT2D eigenvalue weighted by atomic mass is 19.4. The molecule has 0 spiro atoms. The molecule has 0 aromatic heterocycles. The Labute approximate surface area is 61.0 Å². The van der Waals surface area contributed by atoms with Crippen molar-refractivity contribution in [1.29, 1.82) is 0 Å². The molecule has 1 aliphatic rings. The lowest BCUT2D eigenvalue weighted by Gasteiger charge is -2.28. The summed E-state index contributed by atoms with van der Waals surface area (Å²) in [5, 5.41) is 4.14. The van der Waals surface area contributed by atoms with E-state index in [9.17, 15) is 17.6 Å². The Bertz CT molecular complexity index is 127.